The molecule has 0 bridgehead atoms. The summed E-state index contributed by atoms with van der Waals surface area (Å²) in [6.07, 6.45) is 0.747. The van der Waals surface area contributed by atoms with Crippen LogP contribution in [0.3, 0.4) is 0 Å². The smallest absolute Gasteiger partial charge is 0.101 e. The average molecular weight is 270 g/mol. The Kier molecular flexibility index (Phi) is 6.86. The molecular formula is C14H26N2OS. The molecule has 4 heteroatoms. The highest BCUT2D eigenvalue weighted by atomic mass is 32.1. The molecule has 0 aliphatic carbocycles. The number of thiophene rings is 1. The number of aliphatic hydroxyl groups excluding tert-OH is 1. The van der Waals surface area contributed by atoms with E-state index in [1.165, 1.54) is 0 Å². The summed E-state index contributed by atoms with van der Waals surface area (Å²) in [6, 6.07) is 4.41. The summed E-state index contributed by atoms with van der Waals surface area (Å²) in [5, 5.41) is 15.6. The van der Waals surface area contributed by atoms with Crippen LogP contribution in [0.2, 0.25) is 0 Å². The van der Waals surface area contributed by atoms with Crippen LogP contribution < -0.4 is 5.32 Å². The highest BCUT2D eigenvalue weighted by molar-refractivity contribution is 7.10. The number of rotatable bonds is 8. The van der Waals surface area contributed by atoms with Crippen molar-refractivity contribution in [3.8, 4) is 0 Å². The van der Waals surface area contributed by atoms with Crippen molar-refractivity contribution in [2.75, 3.05) is 27.2 Å². The molecule has 2 unspecified atom stereocenters. The van der Waals surface area contributed by atoms with Gasteiger partial charge in [-0.25, -0.2) is 0 Å². The van der Waals surface area contributed by atoms with Crippen molar-refractivity contribution >= 4 is 11.3 Å². The Balaban J connectivity index is 2.40. The van der Waals surface area contributed by atoms with E-state index in [2.05, 4.69) is 38.2 Å². The van der Waals surface area contributed by atoms with Gasteiger partial charge in [0, 0.05) is 24.0 Å². The molecule has 18 heavy (non-hydrogen) atoms. The van der Waals surface area contributed by atoms with Crippen molar-refractivity contribution in [1.82, 2.24) is 10.2 Å². The van der Waals surface area contributed by atoms with Gasteiger partial charge in [0.25, 0.3) is 0 Å². The monoisotopic (exact) mass is 270 g/mol. The van der Waals surface area contributed by atoms with E-state index in [1.807, 2.05) is 17.5 Å². The number of nitrogens with zero attached hydrogens (tertiary/aromatic N) is 1. The first-order valence-corrected chi connectivity index (χ1v) is 7.46. The number of aliphatic hydroxyl groups is 1. The summed E-state index contributed by atoms with van der Waals surface area (Å²) in [5.74, 6) is 0.668. The van der Waals surface area contributed by atoms with E-state index in [0.717, 1.165) is 17.8 Å². The normalized spacial score (nSPS) is 15.3. The molecule has 0 radical (unpaired) electrons. The molecule has 104 valence electrons. The number of hydrogen-bond acceptors (Lipinski definition) is 4. The highest BCUT2D eigenvalue weighted by Crippen LogP contribution is 2.18. The van der Waals surface area contributed by atoms with Crippen LogP contribution in [-0.2, 0) is 0 Å². The van der Waals surface area contributed by atoms with Gasteiger partial charge in [0.05, 0.1) is 0 Å². The molecule has 0 amide bonds. The van der Waals surface area contributed by atoms with Crippen LogP contribution in [-0.4, -0.2) is 43.2 Å². The third-order valence-electron chi connectivity index (χ3n) is 2.81. The second-order valence-corrected chi connectivity index (χ2v) is 6.51. The van der Waals surface area contributed by atoms with E-state index in [4.69, 9.17) is 0 Å². The molecule has 1 aromatic rings. The fourth-order valence-corrected chi connectivity index (χ4v) is 2.80. The minimum atomic E-state index is -0.387. The maximum absolute atomic E-state index is 10.1. The van der Waals surface area contributed by atoms with Crippen molar-refractivity contribution in [3.05, 3.63) is 22.4 Å². The van der Waals surface area contributed by atoms with Gasteiger partial charge >= 0.3 is 0 Å². The first-order valence-electron chi connectivity index (χ1n) is 6.58. The molecule has 0 saturated carbocycles. The third-order valence-corrected chi connectivity index (χ3v) is 3.79. The van der Waals surface area contributed by atoms with Gasteiger partial charge in [0.1, 0.15) is 6.10 Å². The lowest BCUT2D eigenvalue weighted by molar-refractivity contribution is 0.166. The maximum Gasteiger partial charge on any atom is 0.101 e. The number of nitrogens with one attached hydrogen (secondary N) is 1. The molecular weight excluding hydrogens is 244 g/mol. The van der Waals surface area contributed by atoms with E-state index >= 15 is 0 Å². The zero-order valence-corrected chi connectivity index (χ0v) is 12.7. The van der Waals surface area contributed by atoms with Gasteiger partial charge in [0.15, 0.2) is 0 Å². The van der Waals surface area contributed by atoms with Crippen molar-refractivity contribution in [2.45, 2.75) is 32.4 Å². The Morgan fingerprint density at radius 3 is 2.61 bits per heavy atom. The average Bonchev–Trinajstić information content (AvgIpc) is 2.77. The van der Waals surface area contributed by atoms with Gasteiger partial charge in [-0.3, -0.25) is 0 Å². The SMILES string of the molecule is CC(C)CC(CN(C)C)NCC(O)c1cccs1. The molecule has 0 aromatic carbocycles. The topological polar surface area (TPSA) is 35.5 Å². The predicted molar refractivity (Wildman–Crippen MR) is 79.1 cm³/mol. The first-order chi connectivity index (χ1) is 8.49. The van der Waals surface area contributed by atoms with Gasteiger partial charge in [-0.1, -0.05) is 19.9 Å². The summed E-state index contributed by atoms with van der Waals surface area (Å²) in [5.41, 5.74) is 0. The summed E-state index contributed by atoms with van der Waals surface area (Å²) in [6.45, 7) is 6.11. The minimum Gasteiger partial charge on any atom is -0.386 e. The molecule has 0 saturated heterocycles. The standard InChI is InChI=1S/C14H26N2OS/c1-11(2)8-12(10-16(3)4)15-9-13(17)14-6-5-7-18-14/h5-7,11-13,15,17H,8-10H2,1-4H3. The van der Waals surface area contributed by atoms with Crippen LogP contribution in [0, 0.1) is 5.92 Å². The molecule has 1 aromatic heterocycles. The van der Waals surface area contributed by atoms with E-state index < -0.39 is 0 Å². The van der Waals surface area contributed by atoms with Crippen molar-refractivity contribution in [3.63, 3.8) is 0 Å². The minimum absolute atomic E-state index is 0.387. The fourth-order valence-electron chi connectivity index (χ4n) is 2.09. The molecule has 2 atom stereocenters. The Bertz CT molecular complexity index is 302. The zero-order chi connectivity index (χ0) is 13.5. The van der Waals surface area contributed by atoms with Gasteiger partial charge in [-0.15, -0.1) is 11.3 Å². The van der Waals surface area contributed by atoms with Crippen LogP contribution in [0.5, 0.6) is 0 Å². The van der Waals surface area contributed by atoms with Crippen LogP contribution in [0.4, 0.5) is 0 Å². The highest BCUT2D eigenvalue weighted by Gasteiger charge is 2.14. The Labute approximate surface area is 115 Å². The molecule has 1 rings (SSSR count). The van der Waals surface area contributed by atoms with Gasteiger partial charge < -0.3 is 15.3 Å². The Hall–Kier alpha value is -0.420. The van der Waals surface area contributed by atoms with Crippen molar-refractivity contribution in [1.29, 1.82) is 0 Å². The number of likely N-dealkylation sites (N-methyl/N-ethyl adjacent to an activating group) is 1. The third kappa shape index (κ3) is 5.96. The fraction of sp³-hybridized carbons (Fsp3) is 0.714. The lowest BCUT2D eigenvalue weighted by atomic mass is 10.0. The van der Waals surface area contributed by atoms with Crippen molar-refractivity contribution in [2.24, 2.45) is 5.92 Å². The second kappa shape index (κ2) is 7.89. The zero-order valence-electron chi connectivity index (χ0n) is 11.9. The lowest BCUT2D eigenvalue weighted by Gasteiger charge is -2.25. The van der Waals surface area contributed by atoms with Crippen LogP contribution in [0.1, 0.15) is 31.2 Å². The van der Waals surface area contributed by atoms with E-state index in [0.29, 0.717) is 18.5 Å². The van der Waals surface area contributed by atoms with E-state index in [1.54, 1.807) is 11.3 Å². The molecule has 0 spiro atoms. The van der Waals surface area contributed by atoms with E-state index in [9.17, 15) is 5.11 Å². The second-order valence-electron chi connectivity index (χ2n) is 5.53. The summed E-state index contributed by atoms with van der Waals surface area (Å²) in [7, 11) is 4.18. The quantitative estimate of drug-likeness (QED) is 0.761. The number of hydrogen-bond donors (Lipinski definition) is 2. The maximum atomic E-state index is 10.1. The van der Waals surface area contributed by atoms with Crippen LogP contribution in [0.25, 0.3) is 0 Å². The molecule has 1 heterocycles. The molecule has 3 nitrogen and oxygen atoms in total. The van der Waals surface area contributed by atoms with Crippen LogP contribution in [0.15, 0.2) is 17.5 Å². The van der Waals surface area contributed by atoms with Crippen molar-refractivity contribution < 1.29 is 5.11 Å². The summed E-state index contributed by atoms with van der Waals surface area (Å²) < 4.78 is 0. The summed E-state index contributed by atoms with van der Waals surface area (Å²) >= 11 is 1.61. The molecule has 2 N–H and O–H groups in total. The van der Waals surface area contributed by atoms with E-state index in [-0.39, 0.29) is 6.10 Å². The largest absolute Gasteiger partial charge is 0.386 e. The Morgan fingerprint density at radius 2 is 2.11 bits per heavy atom. The molecule has 0 aliphatic rings. The predicted octanol–water partition coefficient (Wildman–Crippen LogP) is 2.35. The lowest BCUT2D eigenvalue weighted by Crippen LogP contribution is -2.41. The molecule has 0 aliphatic heterocycles. The summed E-state index contributed by atoms with van der Waals surface area (Å²) in [4.78, 5) is 3.23. The van der Waals surface area contributed by atoms with Crippen LogP contribution >= 0.6 is 11.3 Å². The Morgan fingerprint density at radius 1 is 1.39 bits per heavy atom. The first kappa shape index (κ1) is 15.6. The van der Waals surface area contributed by atoms with Gasteiger partial charge in [0.2, 0.25) is 0 Å². The van der Waals surface area contributed by atoms with Gasteiger partial charge in [-0.05, 0) is 37.9 Å². The molecule has 0 fully saturated rings. The van der Waals surface area contributed by atoms with Gasteiger partial charge in [-0.2, -0.15) is 0 Å².